The summed E-state index contributed by atoms with van der Waals surface area (Å²) < 4.78 is 1.86. The highest BCUT2D eigenvalue weighted by Crippen LogP contribution is 2.22. The topological polar surface area (TPSA) is 46.8 Å². The van der Waals surface area contributed by atoms with Crippen molar-refractivity contribution in [3.8, 4) is 0 Å². The van der Waals surface area contributed by atoms with Crippen LogP contribution in [-0.4, -0.2) is 33.5 Å². The van der Waals surface area contributed by atoms with Gasteiger partial charge in [-0.3, -0.25) is 14.0 Å². The van der Waals surface area contributed by atoms with Gasteiger partial charge in [-0.2, -0.15) is 0 Å². The summed E-state index contributed by atoms with van der Waals surface area (Å²) in [6, 6.07) is 0. The Morgan fingerprint density at radius 2 is 2.42 bits per heavy atom. The number of imidazole rings is 1. The number of amides is 1. The van der Waals surface area contributed by atoms with Gasteiger partial charge in [0.15, 0.2) is 10.1 Å². The fourth-order valence-electron chi connectivity index (χ4n) is 1.93. The first kappa shape index (κ1) is 12.7. The maximum atomic E-state index is 11.9. The summed E-state index contributed by atoms with van der Waals surface area (Å²) in [6.45, 7) is 1.24. The van der Waals surface area contributed by atoms with E-state index in [1.165, 1.54) is 22.5 Å². The number of hydrogen-bond acceptors (Lipinski definition) is 4. The van der Waals surface area contributed by atoms with E-state index in [-0.39, 0.29) is 5.91 Å². The number of hydroxylamine groups is 2. The normalized spacial score (nSPS) is 16.6. The summed E-state index contributed by atoms with van der Waals surface area (Å²) in [7, 11) is 0. The third-order valence-electron chi connectivity index (χ3n) is 2.89. The molecule has 5 nitrogen and oxygen atoms in total. The number of rotatable bonds is 2. The molecule has 0 atom stereocenters. The average molecular weight is 298 g/mol. The van der Waals surface area contributed by atoms with Gasteiger partial charge in [0, 0.05) is 24.2 Å². The minimum Gasteiger partial charge on any atom is -0.289 e. The van der Waals surface area contributed by atoms with Crippen LogP contribution in [-0.2, 0) is 9.63 Å². The molecule has 3 rings (SSSR count). The molecule has 0 aromatic carbocycles. The molecule has 2 aromatic rings. The molecule has 100 valence electrons. The fourth-order valence-corrected chi connectivity index (χ4v) is 2.94. The molecule has 0 aliphatic carbocycles. The second-order valence-electron chi connectivity index (χ2n) is 4.16. The van der Waals surface area contributed by atoms with Crippen LogP contribution >= 0.6 is 22.9 Å². The van der Waals surface area contributed by atoms with Gasteiger partial charge < -0.3 is 0 Å². The van der Waals surface area contributed by atoms with Crippen LogP contribution in [0.1, 0.15) is 18.5 Å². The third-order valence-corrected chi connectivity index (χ3v) is 3.92. The quantitative estimate of drug-likeness (QED) is 0.801. The SMILES string of the molecule is O=C(/C=C/c1c(Cl)nc2sccn12)N1CCCCO1. The summed E-state index contributed by atoms with van der Waals surface area (Å²) in [6.07, 6.45) is 6.99. The van der Waals surface area contributed by atoms with Crippen molar-refractivity contribution >= 4 is 39.9 Å². The first-order chi connectivity index (χ1) is 9.25. The Morgan fingerprint density at radius 3 is 3.21 bits per heavy atom. The van der Waals surface area contributed by atoms with Gasteiger partial charge in [0.25, 0.3) is 5.91 Å². The summed E-state index contributed by atoms with van der Waals surface area (Å²) in [5.41, 5.74) is 0.711. The second kappa shape index (κ2) is 5.32. The van der Waals surface area contributed by atoms with Gasteiger partial charge in [0.1, 0.15) is 0 Å². The van der Waals surface area contributed by atoms with E-state index in [0.29, 0.717) is 24.0 Å². The number of fused-ring (bicyclic) bond motifs is 1. The summed E-state index contributed by atoms with van der Waals surface area (Å²) >= 11 is 7.54. The number of carbonyl (C=O) groups excluding carboxylic acids is 1. The van der Waals surface area contributed by atoms with Crippen LogP contribution in [0.5, 0.6) is 0 Å². The molecule has 7 heteroatoms. The summed E-state index contributed by atoms with van der Waals surface area (Å²) in [5, 5.41) is 3.71. The number of nitrogens with zero attached hydrogens (tertiary/aromatic N) is 3. The van der Waals surface area contributed by atoms with Crippen molar-refractivity contribution in [2.24, 2.45) is 0 Å². The second-order valence-corrected chi connectivity index (χ2v) is 5.39. The number of hydrogen-bond donors (Lipinski definition) is 0. The Kier molecular flexibility index (Phi) is 3.54. The molecule has 0 N–H and O–H groups in total. The largest absolute Gasteiger partial charge is 0.289 e. The molecule has 0 spiro atoms. The molecule has 0 saturated carbocycles. The molecule has 1 amide bonds. The predicted molar refractivity (Wildman–Crippen MR) is 74.0 cm³/mol. The number of thiazole rings is 1. The van der Waals surface area contributed by atoms with E-state index in [4.69, 9.17) is 16.4 Å². The Labute approximate surface area is 119 Å². The zero-order valence-electron chi connectivity index (χ0n) is 10.1. The van der Waals surface area contributed by atoms with Crippen LogP contribution in [0.2, 0.25) is 5.15 Å². The zero-order valence-corrected chi connectivity index (χ0v) is 11.7. The van der Waals surface area contributed by atoms with Crippen molar-refractivity contribution in [1.29, 1.82) is 0 Å². The molecule has 0 bridgehead atoms. The Bertz CT molecular complexity index is 628. The lowest BCUT2D eigenvalue weighted by Gasteiger charge is -2.24. The highest BCUT2D eigenvalue weighted by Gasteiger charge is 2.16. The monoisotopic (exact) mass is 297 g/mol. The molecular weight excluding hydrogens is 286 g/mol. The predicted octanol–water partition coefficient (Wildman–Crippen LogP) is 2.62. The molecule has 2 aromatic heterocycles. The van der Waals surface area contributed by atoms with Crippen LogP contribution in [0.4, 0.5) is 0 Å². The van der Waals surface area contributed by atoms with Gasteiger partial charge in [0.2, 0.25) is 0 Å². The zero-order chi connectivity index (χ0) is 13.2. The van der Waals surface area contributed by atoms with Gasteiger partial charge in [-0.05, 0) is 18.9 Å². The van der Waals surface area contributed by atoms with E-state index in [9.17, 15) is 4.79 Å². The Hall–Kier alpha value is -1.37. The summed E-state index contributed by atoms with van der Waals surface area (Å²) in [5.74, 6) is -0.166. The minimum atomic E-state index is -0.166. The molecule has 1 saturated heterocycles. The van der Waals surface area contributed by atoms with Gasteiger partial charge >= 0.3 is 0 Å². The van der Waals surface area contributed by atoms with E-state index in [1.807, 2.05) is 16.0 Å². The lowest BCUT2D eigenvalue weighted by molar-refractivity contribution is -0.191. The van der Waals surface area contributed by atoms with Crippen molar-refractivity contribution in [3.05, 3.63) is 28.5 Å². The van der Waals surface area contributed by atoms with E-state index >= 15 is 0 Å². The number of halogens is 1. The first-order valence-corrected chi connectivity index (χ1v) is 7.25. The number of carbonyl (C=O) groups is 1. The Balaban J connectivity index is 1.79. The molecule has 0 radical (unpaired) electrons. The van der Waals surface area contributed by atoms with Crippen molar-refractivity contribution in [2.75, 3.05) is 13.2 Å². The highest BCUT2D eigenvalue weighted by molar-refractivity contribution is 7.15. The average Bonchev–Trinajstić information content (AvgIpc) is 2.98. The van der Waals surface area contributed by atoms with E-state index < -0.39 is 0 Å². The van der Waals surface area contributed by atoms with Gasteiger partial charge in [-0.15, -0.1) is 11.3 Å². The van der Waals surface area contributed by atoms with Crippen LogP contribution < -0.4 is 0 Å². The van der Waals surface area contributed by atoms with Gasteiger partial charge in [-0.1, -0.05) is 11.6 Å². The fraction of sp³-hybridized carbons (Fsp3) is 0.333. The third kappa shape index (κ3) is 2.51. The molecule has 1 aliphatic heterocycles. The number of aromatic nitrogens is 2. The van der Waals surface area contributed by atoms with Gasteiger partial charge in [-0.25, -0.2) is 10.0 Å². The van der Waals surface area contributed by atoms with Crippen molar-refractivity contribution in [3.63, 3.8) is 0 Å². The highest BCUT2D eigenvalue weighted by atomic mass is 35.5. The maximum Gasteiger partial charge on any atom is 0.270 e. The molecule has 19 heavy (non-hydrogen) atoms. The molecule has 0 unspecified atom stereocenters. The van der Waals surface area contributed by atoms with E-state index in [1.54, 1.807) is 6.08 Å². The smallest absolute Gasteiger partial charge is 0.270 e. The van der Waals surface area contributed by atoms with Crippen LogP contribution in [0.15, 0.2) is 17.7 Å². The molecular formula is C12H12ClN3O2S. The standard InChI is InChI=1S/C12H12ClN3O2S/c13-11-9(15-6-8-19-12(15)14-11)3-4-10(17)16-5-1-2-7-18-16/h3-4,6,8H,1-2,5,7H2/b4-3+. The van der Waals surface area contributed by atoms with E-state index in [2.05, 4.69) is 4.98 Å². The van der Waals surface area contributed by atoms with Crippen LogP contribution in [0.25, 0.3) is 11.0 Å². The van der Waals surface area contributed by atoms with E-state index in [0.717, 1.165) is 17.8 Å². The summed E-state index contributed by atoms with van der Waals surface area (Å²) in [4.78, 5) is 22.2. The van der Waals surface area contributed by atoms with Crippen molar-refractivity contribution < 1.29 is 9.63 Å². The molecule has 1 aliphatic rings. The Morgan fingerprint density at radius 1 is 1.53 bits per heavy atom. The lowest BCUT2D eigenvalue weighted by Crippen LogP contribution is -2.34. The van der Waals surface area contributed by atoms with Gasteiger partial charge in [0.05, 0.1) is 12.3 Å². The van der Waals surface area contributed by atoms with Crippen molar-refractivity contribution in [1.82, 2.24) is 14.4 Å². The first-order valence-electron chi connectivity index (χ1n) is 5.99. The van der Waals surface area contributed by atoms with Crippen LogP contribution in [0, 0.1) is 0 Å². The van der Waals surface area contributed by atoms with Crippen molar-refractivity contribution in [2.45, 2.75) is 12.8 Å². The lowest BCUT2D eigenvalue weighted by atomic mass is 10.3. The molecule has 3 heterocycles. The molecule has 1 fully saturated rings. The minimum absolute atomic E-state index is 0.166. The maximum absolute atomic E-state index is 11.9. The van der Waals surface area contributed by atoms with Crippen LogP contribution in [0.3, 0.4) is 0 Å².